The minimum Gasteiger partial charge on any atom is -0.336 e. The number of nitrogens with zero attached hydrogens (tertiary/aromatic N) is 4. The van der Waals surface area contributed by atoms with E-state index in [0.29, 0.717) is 25.5 Å². The van der Waals surface area contributed by atoms with Crippen LogP contribution in [-0.4, -0.2) is 65.9 Å². The molecule has 1 unspecified atom stereocenters. The lowest BCUT2D eigenvalue weighted by Gasteiger charge is -2.35. The largest absolute Gasteiger partial charge is 0.336 e. The van der Waals surface area contributed by atoms with Crippen LogP contribution in [0.1, 0.15) is 15.9 Å². The smallest absolute Gasteiger partial charge is 0.260 e. The fraction of sp³-hybridized carbons (Fsp3) is 0.333. The second kappa shape index (κ2) is 7.40. The fourth-order valence-corrected chi connectivity index (χ4v) is 3.56. The molecular formula is C21H22N4O2. The van der Waals surface area contributed by atoms with Gasteiger partial charge in [-0.2, -0.15) is 4.99 Å². The maximum absolute atomic E-state index is 12.7. The average Bonchev–Trinajstić information content (AvgIpc) is 2.68. The Kier molecular flexibility index (Phi) is 4.81. The van der Waals surface area contributed by atoms with Gasteiger partial charge in [0.05, 0.1) is 12.3 Å². The molecule has 0 bridgehead atoms. The summed E-state index contributed by atoms with van der Waals surface area (Å²) in [5.74, 6) is 0.154. The summed E-state index contributed by atoms with van der Waals surface area (Å²) >= 11 is 0. The Balaban J connectivity index is 1.35. The first-order valence-corrected chi connectivity index (χ1v) is 9.23. The van der Waals surface area contributed by atoms with Crippen molar-refractivity contribution in [2.24, 2.45) is 15.9 Å². The summed E-state index contributed by atoms with van der Waals surface area (Å²) in [6, 6.07) is 7.70. The Morgan fingerprint density at radius 2 is 1.96 bits per heavy atom. The molecule has 2 heterocycles. The molecule has 0 N–H and O–H groups in total. The topological polar surface area (TPSA) is 65.3 Å². The number of carbonyl (C=O) groups is 2. The number of allylic oxidation sites excluding steroid dienone is 3. The van der Waals surface area contributed by atoms with E-state index in [9.17, 15) is 9.59 Å². The van der Waals surface area contributed by atoms with E-state index < -0.39 is 0 Å². The highest BCUT2D eigenvalue weighted by Gasteiger charge is 2.28. The van der Waals surface area contributed by atoms with Crippen molar-refractivity contribution < 1.29 is 9.59 Å². The third-order valence-corrected chi connectivity index (χ3v) is 5.05. The van der Waals surface area contributed by atoms with Crippen molar-refractivity contribution in [1.82, 2.24) is 9.80 Å². The number of piperazine rings is 1. The molecule has 1 saturated heterocycles. The van der Waals surface area contributed by atoms with Crippen molar-refractivity contribution in [3.05, 3.63) is 59.7 Å². The molecule has 1 atom stereocenters. The molecule has 1 aromatic carbocycles. The zero-order chi connectivity index (χ0) is 18.8. The zero-order valence-corrected chi connectivity index (χ0v) is 15.3. The molecule has 27 heavy (non-hydrogen) atoms. The first-order valence-electron chi connectivity index (χ1n) is 9.23. The van der Waals surface area contributed by atoms with E-state index in [0.717, 1.165) is 29.9 Å². The SMILES string of the molecule is Cc1cccc(C(=O)N2CCN(CC3=NC(=O)C4C=CC=CC4=N3)CC2)c1. The number of fused-ring (bicyclic) bond motifs is 1. The Hall–Kier alpha value is -2.86. The summed E-state index contributed by atoms with van der Waals surface area (Å²) in [7, 11) is 0. The maximum Gasteiger partial charge on any atom is 0.260 e. The van der Waals surface area contributed by atoms with Gasteiger partial charge in [0.1, 0.15) is 11.8 Å². The van der Waals surface area contributed by atoms with Gasteiger partial charge in [-0.3, -0.25) is 14.5 Å². The second-order valence-electron chi connectivity index (χ2n) is 7.06. The van der Waals surface area contributed by atoms with E-state index in [-0.39, 0.29) is 17.7 Å². The molecule has 138 valence electrons. The number of aliphatic imine (C=N–C) groups is 2. The number of hydrogen-bond donors (Lipinski definition) is 0. The Morgan fingerprint density at radius 3 is 2.74 bits per heavy atom. The van der Waals surface area contributed by atoms with Crippen molar-refractivity contribution in [3.63, 3.8) is 0 Å². The molecule has 6 nitrogen and oxygen atoms in total. The van der Waals surface area contributed by atoms with Gasteiger partial charge in [0.25, 0.3) is 11.8 Å². The van der Waals surface area contributed by atoms with E-state index in [1.807, 2.05) is 60.4 Å². The number of rotatable bonds is 3. The molecule has 6 heteroatoms. The molecule has 0 aromatic heterocycles. The molecule has 0 radical (unpaired) electrons. The first kappa shape index (κ1) is 17.5. The molecular weight excluding hydrogens is 340 g/mol. The number of carbonyl (C=O) groups excluding carboxylic acids is 2. The van der Waals surface area contributed by atoms with Crippen LogP contribution in [0.2, 0.25) is 0 Å². The molecule has 1 aliphatic carbocycles. The molecule has 2 aliphatic heterocycles. The highest BCUT2D eigenvalue weighted by atomic mass is 16.2. The Morgan fingerprint density at radius 1 is 1.15 bits per heavy atom. The average molecular weight is 362 g/mol. The number of hydrogen-bond acceptors (Lipinski definition) is 4. The van der Waals surface area contributed by atoms with Crippen LogP contribution >= 0.6 is 0 Å². The Labute approximate surface area is 158 Å². The van der Waals surface area contributed by atoms with Gasteiger partial charge in [-0.15, -0.1) is 0 Å². The lowest BCUT2D eigenvalue weighted by atomic mass is 9.96. The standard InChI is InChI=1S/C21H22N4O2/c1-15-5-4-6-16(13-15)21(27)25-11-9-24(10-12-25)14-19-22-18-8-3-2-7-17(18)20(26)23-19/h2-8,13,17H,9-12,14H2,1H3. The quantitative estimate of drug-likeness (QED) is 0.825. The van der Waals surface area contributed by atoms with Crippen LogP contribution in [0.4, 0.5) is 0 Å². The Bertz CT molecular complexity index is 889. The van der Waals surface area contributed by atoms with Gasteiger partial charge in [-0.25, -0.2) is 4.99 Å². The zero-order valence-electron chi connectivity index (χ0n) is 15.3. The highest BCUT2D eigenvalue weighted by molar-refractivity contribution is 6.21. The van der Waals surface area contributed by atoms with Crippen molar-refractivity contribution in [2.75, 3.05) is 32.7 Å². The number of amides is 2. The summed E-state index contributed by atoms with van der Waals surface area (Å²) in [4.78, 5) is 37.6. The van der Waals surface area contributed by atoms with Gasteiger partial charge < -0.3 is 4.90 Å². The number of benzene rings is 1. The van der Waals surface area contributed by atoms with Crippen LogP contribution in [0, 0.1) is 12.8 Å². The normalized spacial score (nSPS) is 22.3. The number of amidine groups is 1. The van der Waals surface area contributed by atoms with Crippen LogP contribution in [-0.2, 0) is 4.79 Å². The highest BCUT2D eigenvalue weighted by Crippen LogP contribution is 2.17. The van der Waals surface area contributed by atoms with Crippen molar-refractivity contribution >= 4 is 23.4 Å². The molecule has 2 amide bonds. The van der Waals surface area contributed by atoms with Gasteiger partial charge in [-0.1, -0.05) is 35.9 Å². The van der Waals surface area contributed by atoms with Gasteiger partial charge >= 0.3 is 0 Å². The summed E-state index contributed by atoms with van der Waals surface area (Å²) in [5.41, 5.74) is 2.59. The van der Waals surface area contributed by atoms with Gasteiger partial charge in [-0.05, 0) is 25.1 Å². The van der Waals surface area contributed by atoms with E-state index in [1.165, 1.54) is 0 Å². The van der Waals surface area contributed by atoms with Crippen molar-refractivity contribution in [2.45, 2.75) is 6.92 Å². The lowest BCUT2D eigenvalue weighted by molar-refractivity contribution is -0.118. The summed E-state index contributed by atoms with van der Waals surface area (Å²) in [5, 5.41) is 0. The van der Waals surface area contributed by atoms with E-state index in [2.05, 4.69) is 14.9 Å². The lowest BCUT2D eigenvalue weighted by Crippen LogP contribution is -2.50. The molecule has 4 rings (SSSR count). The molecule has 0 spiro atoms. The van der Waals surface area contributed by atoms with Gasteiger partial charge in [0, 0.05) is 31.7 Å². The van der Waals surface area contributed by atoms with Crippen LogP contribution < -0.4 is 0 Å². The third kappa shape index (κ3) is 3.80. The van der Waals surface area contributed by atoms with Crippen LogP contribution in [0.5, 0.6) is 0 Å². The minimum atomic E-state index is -0.331. The van der Waals surface area contributed by atoms with E-state index in [1.54, 1.807) is 0 Å². The van der Waals surface area contributed by atoms with Gasteiger partial charge in [0.2, 0.25) is 0 Å². The maximum atomic E-state index is 12.7. The monoisotopic (exact) mass is 362 g/mol. The van der Waals surface area contributed by atoms with Crippen LogP contribution in [0.15, 0.2) is 58.6 Å². The predicted molar refractivity (Wildman–Crippen MR) is 105 cm³/mol. The van der Waals surface area contributed by atoms with Crippen LogP contribution in [0.3, 0.4) is 0 Å². The molecule has 0 saturated carbocycles. The molecule has 1 fully saturated rings. The fourth-order valence-electron chi connectivity index (χ4n) is 3.56. The van der Waals surface area contributed by atoms with E-state index in [4.69, 9.17) is 0 Å². The summed E-state index contributed by atoms with van der Waals surface area (Å²) in [6.07, 6.45) is 7.45. The predicted octanol–water partition coefficient (Wildman–Crippen LogP) is 1.87. The molecule has 3 aliphatic rings. The minimum absolute atomic E-state index is 0.0748. The van der Waals surface area contributed by atoms with Gasteiger partial charge in [0.15, 0.2) is 0 Å². The third-order valence-electron chi connectivity index (χ3n) is 5.05. The second-order valence-corrected chi connectivity index (χ2v) is 7.06. The first-order chi connectivity index (χ1) is 13.1. The van der Waals surface area contributed by atoms with Crippen LogP contribution in [0.25, 0.3) is 0 Å². The summed E-state index contributed by atoms with van der Waals surface area (Å²) in [6.45, 7) is 5.34. The van der Waals surface area contributed by atoms with Crippen molar-refractivity contribution in [1.29, 1.82) is 0 Å². The van der Waals surface area contributed by atoms with E-state index >= 15 is 0 Å². The number of aryl methyl sites for hydroxylation is 1. The summed E-state index contributed by atoms with van der Waals surface area (Å²) < 4.78 is 0. The molecule has 1 aromatic rings. The van der Waals surface area contributed by atoms with Crippen molar-refractivity contribution in [3.8, 4) is 0 Å².